The maximum absolute atomic E-state index is 14.0. The molecular formula is C29H37N3O4. The molecule has 0 spiro atoms. The lowest BCUT2D eigenvalue weighted by molar-refractivity contribution is -0.134. The van der Waals surface area contributed by atoms with Crippen LogP contribution in [-0.2, 0) is 19.7 Å². The van der Waals surface area contributed by atoms with Crippen LogP contribution in [0.3, 0.4) is 0 Å². The number of anilines is 1. The zero-order valence-electron chi connectivity index (χ0n) is 21.5. The molecule has 4 fully saturated rings. The van der Waals surface area contributed by atoms with Gasteiger partial charge >= 0.3 is 5.97 Å². The van der Waals surface area contributed by atoms with Gasteiger partial charge in [0.25, 0.3) is 0 Å². The number of benzene rings is 1. The first-order chi connectivity index (χ1) is 17.4. The van der Waals surface area contributed by atoms with Crippen LogP contribution in [0, 0.1) is 18.3 Å². The van der Waals surface area contributed by atoms with Gasteiger partial charge in [-0.2, -0.15) is 4.98 Å². The predicted octanol–water partition coefficient (Wildman–Crippen LogP) is 5.77. The first kappa shape index (κ1) is 24.7. The minimum absolute atomic E-state index is 0.0241. The molecule has 6 rings (SSSR count). The lowest BCUT2D eigenvalue weighted by Crippen LogP contribution is -2.52. The highest BCUT2D eigenvalue weighted by Crippen LogP contribution is 2.57. The largest absolute Gasteiger partial charge is 0.466 e. The lowest BCUT2D eigenvalue weighted by Gasteiger charge is -2.53. The quantitative estimate of drug-likeness (QED) is 0.361. The standard InChI is InChI=1S/C29H37N3O4/c1-21-30-27(31-36-21)29-16-13-28(14-17-29,15-18-29)20-32(26(34)23-8-4-3-5-9-23)24-10-6-7-22(19-24)11-12-25(33)35-2/h6-7,10-12,19,23H,3-5,8-9,13-18,20H2,1-2H3/b12-11+. The molecule has 2 bridgehead atoms. The van der Waals surface area contributed by atoms with Crippen molar-refractivity contribution in [2.75, 3.05) is 18.6 Å². The molecule has 2 aromatic rings. The predicted molar refractivity (Wildman–Crippen MR) is 137 cm³/mol. The number of nitrogens with zero attached hydrogens (tertiary/aromatic N) is 3. The van der Waals surface area contributed by atoms with Crippen LogP contribution in [0.2, 0.25) is 0 Å². The molecule has 1 aromatic heterocycles. The smallest absolute Gasteiger partial charge is 0.330 e. The maximum atomic E-state index is 14.0. The van der Waals surface area contributed by atoms with E-state index in [1.54, 1.807) is 6.08 Å². The van der Waals surface area contributed by atoms with Crippen LogP contribution in [0.15, 0.2) is 34.9 Å². The van der Waals surface area contributed by atoms with E-state index in [1.807, 2.05) is 31.2 Å². The number of methoxy groups -OCH3 is 1. The molecule has 7 heteroatoms. The van der Waals surface area contributed by atoms with E-state index < -0.39 is 0 Å². The molecule has 4 aliphatic carbocycles. The Hall–Kier alpha value is -2.96. The number of hydrogen-bond acceptors (Lipinski definition) is 6. The Labute approximate surface area is 213 Å². The molecule has 7 nitrogen and oxygen atoms in total. The summed E-state index contributed by atoms with van der Waals surface area (Å²) < 4.78 is 10.0. The van der Waals surface area contributed by atoms with Crippen molar-refractivity contribution in [1.82, 2.24) is 10.1 Å². The molecule has 4 saturated carbocycles. The Kier molecular flexibility index (Phi) is 7.00. The van der Waals surface area contributed by atoms with Crippen LogP contribution in [0.4, 0.5) is 5.69 Å². The highest BCUT2D eigenvalue weighted by molar-refractivity contribution is 5.95. The Morgan fingerprint density at radius 1 is 1.11 bits per heavy atom. The summed E-state index contributed by atoms with van der Waals surface area (Å²) in [5.74, 6) is 1.46. The summed E-state index contributed by atoms with van der Waals surface area (Å²) >= 11 is 0. The zero-order valence-corrected chi connectivity index (χ0v) is 21.5. The third-order valence-electron chi connectivity index (χ3n) is 8.91. The number of aromatic nitrogens is 2. The van der Waals surface area contributed by atoms with Gasteiger partial charge in [0.2, 0.25) is 11.8 Å². The van der Waals surface area contributed by atoms with E-state index in [4.69, 9.17) is 9.26 Å². The second-order valence-electron chi connectivity index (χ2n) is 11.1. The normalized spacial score (nSPS) is 26.3. The van der Waals surface area contributed by atoms with Gasteiger partial charge in [-0.3, -0.25) is 4.79 Å². The summed E-state index contributed by atoms with van der Waals surface area (Å²) in [6, 6.07) is 7.98. The highest BCUT2D eigenvalue weighted by Gasteiger charge is 2.52. The topological polar surface area (TPSA) is 85.5 Å². The minimum atomic E-state index is -0.390. The van der Waals surface area contributed by atoms with Crippen molar-refractivity contribution in [3.8, 4) is 0 Å². The van der Waals surface area contributed by atoms with Crippen molar-refractivity contribution in [2.24, 2.45) is 11.3 Å². The molecular weight excluding hydrogens is 454 g/mol. The van der Waals surface area contributed by atoms with Gasteiger partial charge in [0, 0.05) is 36.6 Å². The first-order valence-corrected chi connectivity index (χ1v) is 13.4. The number of fused-ring (bicyclic) bond motifs is 3. The number of hydrogen-bond donors (Lipinski definition) is 0. The molecule has 36 heavy (non-hydrogen) atoms. The summed E-state index contributed by atoms with van der Waals surface area (Å²) in [7, 11) is 1.37. The van der Waals surface area contributed by atoms with E-state index in [9.17, 15) is 9.59 Å². The third-order valence-corrected chi connectivity index (χ3v) is 8.91. The van der Waals surface area contributed by atoms with E-state index in [0.717, 1.165) is 87.8 Å². The Morgan fingerprint density at radius 3 is 2.47 bits per heavy atom. The summed E-state index contributed by atoms with van der Waals surface area (Å²) in [6.07, 6.45) is 14.9. The number of ether oxygens (including phenoxy) is 1. The lowest BCUT2D eigenvalue weighted by atomic mass is 9.53. The number of aryl methyl sites for hydroxylation is 1. The van der Waals surface area contributed by atoms with E-state index >= 15 is 0 Å². The van der Waals surface area contributed by atoms with Gasteiger partial charge in [0.1, 0.15) is 0 Å². The number of carbonyl (C=O) groups excluding carboxylic acids is 2. The summed E-state index contributed by atoms with van der Waals surface area (Å²) in [4.78, 5) is 32.2. The average molecular weight is 492 g/mol. The molecule has 0 saturated heterocycles. The number of rotatable bonds is 7. The molecule has 1 heterocycles. The molecule has 0 unspecified atom stereocenters. The van der Waals surface area contributed by atoms with Gasteiger partial charge in [0.05, 0.1) is 7.11 Å². The molecule has 0 atom stereocenters. The van der Waals surface area contributed by atoms with Crippen LogP contribution in [-0.4, -0.2) is 35.7 Å². The molecule has 192 valence electrons. The molecule has 4 aliphatic rings. The van der Waals surface area contributed by atoms with Crippen molar-refractivity contribution in [2.45, 2.75) is 83.0 Å². The zero-order chi connectivity index (χ0) is 25.2. The van der Waals surface area contributed by atoms with E-state index in [0.29, 0.717) is 5.89 Å². The SMILES string of the molecule is COC(=O)/C=C/c1cccc(N(CC23CCC(c4noc(C)n4)(CC2)CC3)C(=O)C2CCCCC2)c1. The summed E-state index contributed by atoms with van der Waals surface area (Å²) in [5.41, 5.74) is 1.94. The van der Waals surface area contributed by atoms with Crippen LogP contribution in [0.5, 0.6) is 0 Å². The molecule has 0 N–H and O–H groups in total. The second kappa shape index (κ2) is 10.2. The molecule has 1 amide bonds. The third kappa shape index (κ3) is 4.97. The molecule has 0 aliphatic heterocycles. The van der Waals surface area contributed by atoms with Crippen LogP contribution in [0.1, 0.15) is 87.9 Å². The maximum Gasteiger partial charge on any atom is 0.330 e. The Bertz CT molecular complexity index is 1110. The van der Waals surface area contributed by atoms with Gasteiger partial charge in [0.15, 0.2) is 5.82 Å². The summed E-state index contributed by atoms with van der Waals surface area (Å²) in [6.45, 7) is 2.60. The van der Waals surface area contributed by atoms with Gasteiger partial charge in [-0.05, 0) is 80.6 Å². The highest BCUT2D eigenvalue weighted by atomic mass is 16.5. The Balaban J connectivity index is 1.39. The van der Waals surface area contributed by atoms with E-state index in [-0.39, 0.29) is 28.6 Å². The van der Waals surface area contributed by atoms with Crippen LogP contribution < -0.4 is 4.90 Å². The van der Waals surface area contributed by atoms with Crippen LogP contribution >= 0.6 is 0 Å². The molecule has 0 radical (unpaired) electrons. The fourth-order valence-corrected chi connectivity index (χ4v) is 6.58. The van der Waals surface area contributed by atoms with Crippen molar-refractivity contribution >= 4 is 23.6 Å². The van der Waals surface area contributed by atoms with Gasteiger partial charge < -0.3 is 14.2 Å². The monoisotopic (exact) mass is 491 g/mol. The van der Waals surface area contributed by atoms with Crippen molar-refractivity contribution in [1.29, 1.82) is 0 Å². The molecule has 1 aromatic carbocycles. The van der Waals surface area contributed by atoms with Gasteiger partial charge in [-0.1, -0.05) is 36.6 Å². The second-order valence-corrected chi connectivity index (χ2v) is 11.1. The van der Waals surface area contributed by atoms with Crippen molar-refractivity contribution < 1.29 is 18.8 Å². The van der Waals surface area contributed by atoms with E-state index in [2.05, 4.69) is 15.0 Å². The van der Waals surface area contributed by atoms with Gasteiger partial charge in [-0.25, -0.2) is 4.79 Å². The van der Waals surface area contributed by atoms with Crippen LogP contribution in [0.25, 0.3) is 6.08 Å². The minimum Gasteiger partial charge on any atom is -0.466 e. The van der Waals surface area contributed by atoms with Gasteiger partial charge in [-0.15, -0.1) is 0 Å². The number of carbonyl (C=O) groups is 2. The summed E-state index contributed by atoms with van der Waals surface area (Å²) in [5, 5.41) is 4.28. The average Bonchev–Trinajstić information content (AvgIpc) is 3.39. The number of amides is 1. The fourth-order valence-electron chi connectivity index (χ4n) is 6.58. The van der Waals surface area contributed by atoms with Crippen molar-refractivity contribution in [3.05, 3.63) is 47.6 Å². The fraction of sp³-hybridized carbons (Fsp3) is 0.586. The van der Waals surface area contributed by atoms with Crippen molar-refractivity contribution in [3.63, 3.8) is 0 Å². The van der Waals surface area contributed by atoms with E-state index in [1.165, 1.54) is 19.6 Å². The Morgan fingerprint density at radius 2 is 1.83 bits per heavy atom. The number of esters is 1. The first-order valence-electron chi connectivity index (χ1n) is 13.4.